The monoisotopic (exact) mass is 490 g/mol. The van der Waals surface area contributed by atoms with E-state index in [0.717, 1.165) is 10.7 Å². The number of carbonyl (C=O) groups is 3. The second-order valence-electron chi connectivity index (χ2n) is 7.80. The molecule has 0 bridgehead atoms. The first kappa shape index (κ1) is 23.8. The molecule has 0 aliphatic heterocycles. The molecule has 4 aromatic rings. The lowest BCUT2D eigenvalue weighted by molar-refractivity contribution is 0.0696. The number of aromatic amines is 1. The molecule has 0 aliphatic rings. The van der Waals surface area contributed by atoms with Crippen LogP contribution in [0, 0.1) is 13.8 Å². The molecular weight excluding hydrogens is 472 g/mol. The number of H-pyrrole nitrogens is 1. The van der Waals surface area contributed by atoms with Crippen molar-refractivity contribution in [3.63, 3.8) is 0 Å². The Morgan fingerprint density at radius 1 is 1.06 bits per heavy atom. The molecule has 13 heteroatoms. The largest absolute Gasteiger partial charge is 0.505 e. The summed E-state index contributed by atoms with van der Waals surface area (Å²) in [6.07, 6.45) is 1.31. The Bertz CT molecular complexity index is 1650. The number of carbonyl (C=O) groups excluding carboxylic acids is 1. The van der Waals surface area contributed by atoms with E-state index < -0.39 is 34.7 Å². The van der Waals surface area contributed by atoms with Gasteiger partial charge in [-0.3, -0.25) is 9.59 Å². The van der Waals surface area contributed by atoms with Crippen molar-refractivity contribution >= 4 is 34.5 Å². The van der Waals surface area contributed by atoms with Gasteiger partial charge >= 0.3 is 11.9 Å². The maximum absolute atomic E-state index is 13.2. The molecule has 182 valence electrons. The minimum absolute atomic E-state index is 0.0182. The highest BCUT2D eigenvalue weighted by Crippen LogP contribution is 2.30. The number of rotatable bonds is 6. The van der Waals surface area contributed by atoms with Crippen LogP contribution < -0.4 is 11.4 Å². The number of pyridine rings is 2. The summed E-state index contributed by atoms with van der Waals surface area (Å²) in [5.41, 5.74) is -1.44. The molecule has 0 atom stereocenters. The van der Waals surface area contributed by atoms with Gasteiger partial charge < -0.3 is 26.1 Å². The highest BCUT2D eigenvalue weighted by atomic mass is 16.4. The smallest absolute Gasteiger partial charge is 0.335 e. The summed E-state index contributed by atoms with van der Waals surface area (Å²) in [6.45, 7) is 3.08. The Morgan fingerprint density at radius 3 is 2.25 bits per heavy atom. The topological polar surface area (TPSA) is 214 Å². The number of nitrogens with one attached hydrogen (secondary N) is 1. The van der Waals surface area contributed by atoms with Crippen molar-refractivity contribution in [3.05, 3.63) is 80.5 Å². The van der Waals surface area contributed by atoms with Crippen LogP contribution in [0.3, 0.4) is 0 Å². The number of aromatic hydroxyl groups is 1. The SMILES string of the molecule is Cc1ccc(C(=O)C(=NN)c2c(O)c(C)nc3nn(-c4cc(C(=O)O)cc(C(=O)O)c4)cc23)c(=O)[nH]1. The third-order valence-corrected chi connectivity index (χ3v) is 5.37. The number of hydrazone groups is 1. The third kappa shape index (κ3) is 4.04. The maximum Gasteiger partial charge on any atom is 0.335 e. The van der Waals surface area contributed by atoms with Gasteiger partial charge in [0.25, 0.3) is 5.56 Å². The van der Waals surface area contributed by atoms with Crippen molar-refractivity contribution in [1.29, 1.82) is 0 Å². The lowest BCUT2D eigenvalue weighted by Crippen LogP contribution is -2.26. The minimum atomic E-state index is -1.35. The van der Waals surface area contributed by atoms with E-state index in [1.54, 1.807) is 6.92 Å². The van der Waals surface area contributed by atoms with Crippen LogP contribution in [0.5, 0.6) is 5.75 Å². The number of benzene rings is 1. The number of hydrogen-bond donors (Lipinski definition) is 5. The lowest BCUT2D eigenvalue weighted by Gasteiger charge is -2.09. The van der Waals surface area contributed by atoms with E-state index in [1.165, 1.54) is 37.4 Å². The second-order valence-corrected chi connectivity index (χ2v) is 7.80. The fraction of sp³-hybridized carbons (Fsp3) is 0.0870. The van der Waals surface area contributed by atoms with Gasteiger partial charge in [0.15, 0.2) is 5.65 Å². The zero-order chi connectivity index (χ0) is 26.3. The average Bonchev–Trinajstić information content (AvgIpc) is 3.24. The van der Waals surface area contributed by atoms with Crippen LogP contribution in [0.2, 0.25) is 0 Å². The van der Waals surface area contributed by atoms with Crippen LogP contribution in [0.15, 0.2) is 46.4 Å². The van der Waals surface area contributed by atoms with E-state index in [4.69, 9.17) is 5.84 Å². The van der Waals surface area contributed by atoms with Crippen LogP contribution in [0.25, 0.3) is 16.7 Å². The Morgan fingerprint density at radius 2 is 1.69 bits per heavy atom. The zero-order valence-electron chi connectivity index (χ0n) is 18.8. The van der Waals surface area contributed by atoms with Gasteiger partial charge in [-0.05, 0) is 44.2 Å². The number of aryl methyl sites for hydroxylation is 2. The molecule has 0 spiro atoms. The lowest BCUT2D eigenvalue weighted by atomic mass is 9.98. The van der Waals surface area contributed by atoms with E-state index in [9.17, 15) is 34.5 Å². The van der Waals surface area contributed by atoms with Gasteiger partial charge in [0, 0.05) is 11.9 Å². The first-order valence-corrected chi connectivity index (χ1v) is 10.3. The summed E-state index contributed by atoms with van der Waals surface area (Å²) in [6, 6.07) is 6.21. The summed E-state index contributed by atoms with van der Waals surface area (Å²) in [4.78, 5) is 55.3. The third-order valence-electron chi connectivity index (χ3n) is 5.37. The summed E-state index contributed by atoms with van der Waals surface area (Å²) in [5.74, 6) is 1.52. The summed E-state index contributed by atoms with van der Waals surface area (Å²) < 4.78 is 1.15. The van der Waals surface area contributed by atoms with Crippen LogP contribution in [0.1, 0.15) is 48.0 Å². The molecule has 3 aromatic heterocycles. The second kappa shape index (κ2) is 8.79. The number of aromatic nitrogens is 4. The van der Waals surface area contributed by atoms with Crippen molar-refractivity contribution in [2.24, 2.45) is 10.9 Å². The molecule has 36 heavy (non-hydrogen) atoms. The highest BCUT2D eigenvalue weighted by molar-refractivity contribution is 6.53. The van der Waals surface area contributed by atoms with Gasteiger partial charge in [0.2, 0.25) is 5.78 Å². The molecule has 0 saturated heterocycles. The van der Waals surface area contributed by atoms with Gasteiger partial charge in [0.1, 0.15) is 11.5 Å². The molecule has 4 rings (SSSR count). The molecule has 0 radical (unpaired) electrons. The van der Waals surface area contributed by atoms with Crippen molar-refractivity contribution in [3.8, 4) is 11.4 Å². The molecule has 6 N–H and O–H groups in total. The number of carboxylic acid groups (broad SMARTS) is 2. The summed E-state index contributed by atoms with van der Waals surface area (Å²) in [7, 11) is 0. The number of hydrogen-bond acceptors (Lipinski definition) is 9. The van der Waals surface area contributed by atoms with Crippen LogP contribution in [-0.2, 0) is 0 Å². The Balaban J connectivity index is 1.95. The summed E-state index contributed by atoms with van der Waals surface area (Å²) in [5, 5.41) is 37.4. The van der Waals surface area contributed by atoms with Gasteiger partial charge in [0.05, 0.1) is 39.0 Å². The van der Waals surface area contributed by atoms with E-state index >= 15 is 0 Å². The molecule has 3 heterocycles. The minimum Gasteiger partial charge on any atom is -0.505 e. The van der Waals surface area contributed by atoms with Crippen LogP contribution in [-0.4, -0.2) is 58.5 Å². The first-order valence-electron chi connectivity index (χ1n) is 10.3. The Hall–Kier alpha value is -5.33. The van der Waals surface area contributed by atoms with Gasteiger partial charge in [-0.1, -0.05) is 0 Å². The number of carboxylic acids is 2. The van der Waals surface area contributed by atoms with Crippen molar-refractivity contribution < 1.29 is 29.7 Å². The normalized spacial score (nSPS) is 11.6. The number of aromatic carboxylic acids is 2. The number of nitrogens with zero attached hydrogens (tertiary/aromatic N) is 4. The fourth-order valence-electron chi connectivity index (χ4n) is 3.62. The van der Waals surface area contributed by atoms with Crippen LogP contribution >= 0.6 is 0 Å². The van der Waals surface area contributed by atoms with E-state index in [0.29, 0.717) is 5.69 Å². The standard InChI is InChI=1S/C23H18N6O7/c1-9-3-4-14(21(32)25-9)19(31)17(27-24)16-15-8-29(28-20(15)26-10(2)18(16)30)13-6-11(22(33)34)5-12(7-13)23(35)36/h3-8,30H,24H2,1-2H3,(H,25,32)(H,33,34)(H,35,36). The Labute approximate surface area is 201 Å². The van der Waals surface area contributed by atoms with Crippen LogP contribution in [0.4, 0.5) is 0 Å². The maximum atomic E-state index is 13.2. The fourth-order valence-corrected chi connectivity index (χ4v) is 3.62. The molecule has 1 aromatic carbocycles. The summed E-state index contributed by atoms with van der Waals surface area (Å²) >= 11 is 0. The van der Waals surface area contributed by atoms with E-state index in [-0.39, 0.29) is 44.7 Å². The number of Topliss-reactive ketones (excluding diaryl/α,β-unsaturated/α-hetero) is 1. The van der Waals surface area contributed by atoms with Crippen molar-refractivity contribution in [2.75, 3.05) is 0 Å². The number of fused-ring (bicyclic) bond motifs is 1. The first-order chi connectivity index (χ1) is 17.0. The van der Waals surface area contributed by atoms with E-state index in [1.807, 2.05) is 0 Å². The van der Waals surface area contributed by atoms with Crippen molar-refractivity contribution in [2.45, 2.75) is 13.8 Å². The number of nitrogens with two attached hydrogens (primary N) is 1. The predicted molar refractivity (Wildman–Crippen MR) is 126 cm³/mol. The molecule has 0 amide bonds. The van der Waals surface area contributed by atoms with Gasteiger partial charge in [-0.25, -0.2) is 19.3 Å². The Kier molecular flexibility index (Phi) is 5.82. The van der Waals surface area contributed by atoms with Gasteiger partial charge in [-0.15, -0.1) is 5.10 Å². The quantitative estimate of drug-likeness (QED) is 0.113. The molecule has 0 fully saturated rings. The number of ketones is 1. The highest BCUT2D eigenvalue weighted by Gasteiger charge is 2.27. The molecule has 13 nitrogen and oxygen atoms in total. The van der Waals surface area contributed by atoms with E-state index in [2.05, 4.69) is 20.2 Å². The zero-order valence-corrected chi connectivity index (χ0v) is 18.8. The molecule has 0 unspecified atom stereocenters. The molecular formula is C23H18N6O7. The predicted octanol–water partition coefficient (Wildman–Crippen LogP) is 1.37. The van der Waals surface area contributed by atoms with Crippen molar-refractivity contribution in [1.82, 2.24) is 19.7 Å². The molecule has 0 saturated carbocycles. The molecule has 0 aliphatic carbocycles. The van der Waals surface area contributed by atoms with Gasteiger partial charge in [-0.2, -0.15) is 5.10 Å². The average molecular weight is 490 g/mol.